The molecule has 96 valence electrons. The van der Waals surface area contributed by atoms with Crippen LogP contribution < -0.4 is 5.73 Å². The van der Waals surface area contributed by atoms with Crippen LogP contribution in [0.5, 0.6) is 0 Å². The van der Waals surface area contributed by atoms with Crippen LogP contribution in [-0.4, -0.2) is 5.16 Å². The van der Waals surface area contributed by atoms with Crippen molar-refractivity contribution in [3.05, 3.63) is 35.8 Å². The molecule has 1 aromatic heterocycles. The van der Waals surface area contributed by atoms with Crippen LogP contribution in [0.25, 0.3) is 11.1 Å². The van der Waals surface area contributed by atoms with E-state index in [-0.39, 0.29) is 11.7 Å². The van der Waals surface area contributed by atoms with E-state index in [9.17, 15) is 4.39 Å². The van der Waals surface area contributed by atoms with Gasteiger partial charge in [-0.15, -0.1) is 0 Å². The maximum atomic E-state index is 13.3. The average molecular weight is 248 g/mol. The Morgan fingerprint density at radius 3 is 2.61 bits per heavy atom. The number of benzene rings is 1. The summed E-state index contributed by atoms with van der Waals surface area (Å²) in [5.41, 5.74) is 7.24. The molecule has 2 N–H and O–H groups in total. The molecule has 0 fully saturated rings. The van der Waals surface area contributed by atoms with Gasteiger partial charge in [-0.1, -0.05) is 38.1 Å². The van der Waals surface area contributed by atoms with Gasteiger partial charge in [0, 0.05) is 5.92 Å². The molecule has 0 amide bonds. The molecule has 1 aromatic carbocycles. The summed E-state index contributed by atoms with van der Waals surface area (Å²) in [6.07, 6.45) is 0. The van der Waals surface area contributed by atoms with Crippen LogP contribution in [0.1, 0.15) is 32.4 Å². The number of nitrogens with two attached hydrogens (primary N) is 1. The lowest BCUT2D eigenvalue weighted by Gasteiger charge is -2.13. The van der Waals surface area contributed by atoms with E-state index in [1.165, 1.54) is 12.1 Å². The van der Waals surface area contributed by atoms with E-state index in [0.29, 0.717) is 28.6 Å². The Labute approximate surface area is 106 Å². The van der Waals surface area contributed by atoms with Crippen molar-refractivity contribution in [1.29, 1.82) is 0 Å². The van der Waals surface area contributed by atoms with Gasteiger partial charge in [-0.2, -0.15) is 0 Å². The zero-order valence-electron chi connectivity index (χ0n) is 10.8. The predicted octanol–water partition coefficient (Wildman–Crippen LogP) is 3.82. The quantitative estimate of drug-likeness (QED) is 0.898. The summed E-state index contributed by atoms with van der Waals surface area (Å²) in [5, 5.41) is 3.81. The van der Waals surface area contributed by atoms with Gasteiger partial charge in [0.05, 0.1) is 5.56 Å². The van der Waals surface area contributed by atoms with Crippen molar-refractivity contribution in [2.24, 2.45) is 5.92 Å². The third-order valence-corrected chi connectivity index (χ3v) is 3.27. The van der Waals surface area contributed by atoms with E-state index < -0.39 is 0 Å². The molecule has 4 heteroatoms. The largest absolute Gasteiger partial charge is 0.380 e. The first-order valence-electron chi connectivity index (χ1n) is 6.01. The molecule has 0 saturated heterocycles. The fourth-order valence-electron chi connectivity index (χ4n) is 1.86. The Bertz CT molecular complexity index is 548. The van der Waals surface area contributed by atoms with Gasteiger partial charge in [-0.25, -0.2) is 4.39 Å². The molecule has 0 aliphatic carbocycles. The Morgan fingerprint density at radius 1 is 1.28 bits per heavy atom. The lowest BCUT2D eigenvalue weighted by atomic mass is 9.91. The number of aromatic nitrogens is 1. The Balaban J connectivity index is 2.53. The van der Waals surface area contributed by atoms with Gasteiger partial charge in [-0.05, 0) is 23.6 Å². The van der Waals surface area contributed by atoms with E-state index in [4.69, 9.17) is 10.3 Å². The zero-order chi connectivity index (χ0) is 13.3. The lowest BCUT2D eigenvalue weighted by Crippen LogP contribution is -2.02. The van der Waals surface area contributed by atoms with Gasteiger partial charge in [0.25, 0.3) is 0 Å². The van der Waals surface area contributed by atoms with Crippen LogP contribution in [0.2, 0.25) is 0 Å². The summed E-state index contributed by atoms with van der Waals surface area (Å²) < 4.78 is 18.6. The van der Waals surface area contributed by atoms with Crippen LogP contribution in [0, 0.1) is 11.7 Å². The van der Waals surface area contributed by atoms with Crippen LogP contribution in [0.3, 0.4) is 0 Å². The molecule has 3 nitrogen and oxygen atoms in total. The molecule has 1 unspecified atom stereocenters. The van der Waals surface area contributed by atoms with Gasteiger partial charge >= 0.3 is 0 Å². The SMILES string of the molecule is CC(C)C(C)c1onc(N)c1-c1cccc(F)c1. The number of hydrogen-bond donors (Lipinski definition) is 1. The Kier molecular flexibility index (Phi) is 3.36. The van der Waals surface area contributed by atoms with Gasteiger partial charge in [-0.3, -0.25) is 0 Å². The molecule has 1 atom stereocenters. The van der Waals surface area contributed by atoms with Gasteiger partial charge in [0.15, 0.2) is 5.82 Å². The fraction of sp³-hybridized carbons (Fsp3) is 0.357. The van der Waals surface area contributed by atoms with Crippen LogP contribution >= 0.6 is 0 Å². The molecule has 0 bridgehead atoms. The van der Waals surface area contributed by atoms with Crippen molar-refractivity contribution in [3.63, 3.8) is 0 Å². The molecule has 2 rings (SSSR count). The minimum Gasteiger partial charge on any atom is -0.380 e. The minimum atomic E-state index is -0.295. The number of halogens is 1. The maximum absolute atomic E-state index is 13.3. The van der Waals surface area contributed by atoms with Crippen LogP contribution in [0.15, 0.2) is 28.8 Å². The van der Waals surface area contributed by atoms with E-state index in [1.807, 2.05) is 13.0 Å². The van der Waals surface area contributed by atoms with Crippen molar-refractivity contribution in [2.45, 2.75) is 26.7 Å². The number of anilines is 1. The molecule has 0 saturated carbocycles. The number of nitrogen functional groups attached to an aromatic ring is 1. The van der Waals surface area contributed by atoms with E-state index >= 15 is 0 Å². The molecule has 2 aromatic rings. The first kappa shape index (κ1) is 12.6. The summed E-state index contributed by atoms with van der Waals surface area (Å²) in [6, 6.07) is 6.31. The maximum Gasteiger partial charge on any atom is 0.175 e. The van der Waals surface area contributed by atoms with Crippen molar-refractivity contribution >= 4 is 5.82 Å². The summed E-state index contributed by atoms with van der Waals surface area (Å²) in [6.45, 7) is 6.24. The third kappa shape index (κ3) is 2.23. The first-order valence-corrected chi connectivity index (χ1v) is 6.01. The second-order valence-corrected chi connectivity index (χ2v) is 4.85. The van der Waals surface area contributed by atoms with Gasteiger partial charge < -0.3 is 10.3 Å². The van der Waals surface area contributed by atoms with Crippen molar-refractivity contribution in [1.82, 2.24) is 5.16 Å². The molecule has 18 heavy (non-hydrogen) atoms. The normalized spacial score (nSPS) is 12.9. The fourth-order valence-corrected chi connectivity index (χ4v) is 1.86. The van der Waals surface area contributed by atoms with E-state index in [1.54, 1.807) is 6.07 Å². The second-order valence-electron chi connectivity index (χ2n) is 4.85. The molecule has 0 aliphatic heterocycles. The lowest BCUT2D eigenvalue weighted by molar-refractivity contribution is 0.341. The minimum absolute atomic E-state index is 0.174. The Hall–Kier alpha value is -1.84. The zero-order valence-corrected chi connectivity index (χ0v) is 10.8. The van der Waals surface area contributed by atoms with Crippen LogP contribution in [0.4, 0.5) is 10.2 Å². The van der Waals surface area contributed by atoms with Crippen molar-refractivity contribution in [2.75, 3.05) is 5.73 Å². The first-order chi connectivity index (χ1) is 8.50. The topological polar surface area (TPSA) is 52.0 Å². The molecular formula is C14H17FN2O. The molecule has 0 spiro atoms. The summed E-state index contributed by atoms with van der Waals surface area (Å²) in [5.74, 6) is 1.30. The van der Waals surface area contributed by atoms with Gasteiger partial charge in [0.2, 0.25) is 0 Å². The number of rotatable bonds is 3. The van der Waals surface area contributed by atoms with Crippen molar-refractivity contribution in [3.8, 4) is 11.1 Å². The average Bonchev–Trinajstić information content (AvgIpc) is 2.70. The van der Waals surface area contributed by atoms with E-state index in [2.05, 4.69) is 19.0 Å². The smallest absolute Gasteiger partial charge is 0.175 e. The summed E-state index contributed by atoms with van der Waals surface area (Å²) >= 11 is 0. The van der Waals surface area contributed by atoms with E-state index in [0.717, 1.165) is 0 Å². The predicted molar refractivity (Wildman–Crippen MR) is 69.6 cm³/mol. The highest BCUT2D eigenvalue weighted by atomic mass is 19.1. The highest BCUT2D eigenvalue weighted by Gasteiger charge is 2.23. The molecule has 0 radical (unpaired) electrons. The highest BCUT2D eigenvalue weighted by Crippen LogP contribution is 2.36. The summed E-state index contributed by atoms with van der Waals surface area (Å²) in [7, 11) is 0. The number of hydrogen-bond acceptors (Lipinski definition) is 3. The van der Waals surface area contributed by atoms with Crippen molar-refractivity contribution < 1.29 is 8.91 Å². The molecule has 0 aliphatic rings. The van der Waals surface area contributed by atoms with Gasteiger partial charge in [0.1, 0.15) is 11.6 Å². The standard InChI is InChI=1S/C14H17FN2O/c1-8(2)9(3)13-12(14(16)17-18-13)10-5-4-6-11(15)7-10/h4-9H,1-3H3,(H2,16,17). The Morgan fingerprint density at radius 2 is 2.00 bits per heavy atom. The number of nitrogens with zero attached hydrogens (tertiary/aromatic N) is 1. The van der Waals surface area contributed by atoms with Crippen LogP contribution in [-0.2, 0) is 0 Å². The monoisotopic (exact) mass is 248 g/mol. The molecule has 1 heterocycles. The third-order valence-electron chi connectivity index (χ3n) is 3.27. The second kappa shape index (κ2) is 4.80. The highest BCUT2D eigenvalue weighted by molar-refractivity contribution is 5.75. The molecular weight excluding hydrogens is 231 g/mol. The summed E-state index contributed by atoms with van der Waals surface area (Å²) in [4.78, 5) is 0.